The first-order chi connectivity index (χ1) is 15.9. The molecular formula is C26H31N3O2S2. The maximum Gasteiger partial charge on any atom is 0.263 e. The molecule has 1 aliphatic carbocycles. The van der Waals surface area contributed by atoms with E-state index in [2.05, 4.69) is 53.6 Å². The van der Waals surface area contributed by atoms with Gasteiger partial charge in [-0.2, -0.15) is 0 Å². The zero-order valence-corrected chi connectivity index (χ0v) is 21.2. The Kier molecular flexibility index (Phi) is 9.43. The molecule has 2 heterocycles. The van der Waals surface area contributed by atoms with E-state index in [4.69, 9.17) is 4.74 Å². The summed E-state index contributed by atoms with van der Waals surface area (Å²) in [5, 5.41) is 9.45. The third kappa shape index (κ3) is 7.97. The van der Waals surface area contributed by atoms with Crippen molar-refractivity contribution >= 4 is 35.1 Å². The second kappa shape index (κ2) is 12.5. The summed E-state index contributed by atoms with van der Waals surface area (Å²) in [5.74, 6) is 1.06. The normalized spacial score (nSPS) is 18.7. The molecule has 0 bridgehead atoms. The standard InChI is InChI=1S/C26H31N3O2S2/c1-5-18(2)12-13-23(31-16-21-10-8-6-7-9-11-21)14-24-28-19(3)25(33-24)26(30)27-15-22-17-32-20(4)29-22/h6,8-14,17-18,20,29H,5,15-16H2,1-4H3,(H,27,30)/b13-12-,23-14+. The molecule has 2 aliphatic rings. The molecular weight excluding hydrogens is 450 g/mol. The van der Waals surface area contributed by atoms with E-state index >= 15 is 0 Å². The fourth-order valence-corrected chi connectivity index (χ4v) is 4.63. The third-order valence-electron chi connectivity index (χ3n) is 5.06. The van der Waals surface area contributed by atoms with Crippen molar-refractivity contribution in [2.75, 3.05) is 13.2 Å². The highest BCUT2D eigenvalue weighted by Gasteiger charge is 2.17. The maximum atomic E-state index is 12.7. The molecule has 0 aromatic carbocycles. The minimum absolute atomic E-state index is 0.109. The summed E-state index contributed by atoms with van der Waals surface area (Å²) in [6.45, 7) is 9.21. The van der Waals surface area contributed by atoms with Gasteiger partial charge >= 0.3 is 0 Å². The number of aromatic nitrogens is 1. The molecule has 0 saturated heterocycles. The molecule has 0 spiro atoms. The fraction of sp³-hybridized carbons (Fsp3) is 0.346. The first kappa shape index (κ1) is 24.9. The summed E-state index contributed by atoms with van der Waals surface area (Å²) in [4.78, 5) is 18.0. The predicted molar refractivity (Wildman–Crippen MR) is 140 cm³/mol. The molecule has 1 aromatic rings. The average Bonchev–Trinajstić information content (AvgIpc) is 3.28. The molecule has 0 fully saturated rings. The molecule has 1 aromatic heterocycles. The van der Waals surface area contributed by atoms with Crippen molar-refractivity contribution in [2.24, 2.45) is 5.92 Å². The lowest BCUT2D eigenvalue weighted by atomic mass is 10.1. The number of amides is 1. The van der Waals surface area contributed by atoms with Gasteiger partial charge in [0.05, 0.1) is 17.6 Å². The average molecular weight is 482 g/mol. The minimum atomic E-state index is -0.109. The molecule has 5 nitrogen and oxygen atoms in total. The Morgan fingerprint density at radius 2 is 2.27 bits per heavy atom. The highest BCUT2D eigenvalue weighted by atomic mass is 32.2. The quantitative estimate of drug-likeness (QED) is 0.248. The number of allylic oxidation sites excluding steroid dienone is 5. The van der Waals surface area contributed by atoms with Gasteiger partial charge in [0.1, 0.15) is 22.3 Å². The second-order valence-electron chi connectivity index (χ2n) is 7.90. The van der Waals surface area contributed by atoms with Crippen LogP contribution in [0.3, 0.4) is 0 Å². The van der Waals surface area contributed by atoms with Crippen LogP contribution >= 0.6 is 23.1 Å². The summed E-state index contributed by atoms with van der Waals surface area (Å²) in [7, 11) is 0. The van der Waals surface area contributed by atoms with Crippen LogP contribution in [-0.4, -0.2) is 29.4 Å². The molecule has 2 N–H and O–H groups in total. The van der Waals surface area contributed by atoms with Crippen molar-refractivity contribution in [1.29, 1.82) is 0 Å². The van der Waals surface area contributed by atoms with Gasteiger partial charge in [-0.3, -0.25) is 4.79 Å². The number of hydrogen-bond donors (Lipinski definition) is 2. The molecule has 174 valence electrons. The lowest BCUT2D eigenvalue weighted by Gasteiger charge is -2.08. The smallest absolute Gasteiger partial charge is 0.263 e. The van der Waals surface area contributed by atoms with Crippen LogP contribution < -0.4 is 10.6 Å². The molecule has 1 aliphatic heterocycles. The maximum absolute atomic E-state index is 12.7. The molecule has 0 radical (unpaired) electrons. The summed E-state index contributed by atoms with van der Waals surface area (Å²) < 4.78 is 6.11. The fourth-order valence-electron chi connectivity index (χ4n) is 2.96. The summed E-state index contributed by atoms with van der Waals surface area (Å²) in [6.07, 6.45) is 16.8. The lowest BCUT2D eigenvalue weighted by molar-refractivity contribution is 0.0959. The van der Waals surface area contributed by atoms with Crippen LogP contribution in [0.2, 0.25) is 0 Å². The number of carbonyl (C=O) groups excluding carboxylic acids is 1. The van der Waals surface area contributed by atoms with Crippen LogP contribution in [0, 0.1) is 12.8 Å². The van der Waals surface area contributed by atoms with E-state index in [1.807, 2.05) is 49.5 Å². The van der Waals surface area contributed by atoms with Crippen LogP contribution in [-0.2, 0) is 4.74 Å². The number of aryl methyl sites for hydroxylation is 1. The molecule has 33 heavy (non-hydrogen) atoms. The first-order valence-corrected chi connectivity index (χ1v) is 12.9. The Bertz CT molecular complexity index is 1070. The minimum Gasteiger partial charge on any atom is -0.489 e. The van der Waals surface area contributed by atoms with E-state index in [1.165, 1.54) is 11.3 Å². The Morgan fingerprint density at radius 1 is 1.42 bits per heavy atom. The molecule has 3 rings (SSSR count). The summed E-state index contributed by atoms with van der Waals surface area (Å²) in [6, 6.07) is 0. The second-order valence-corrected chi connectivity index (χ2v) is 10.1. The van der Waals surface area contributed by atoms with Gasteiger partial charge in [-0.25, -0.2) is 4.98 Å². The topological polar surface area (TPSA) is 63.2 Å². The third-order valence-corrected chi connectivity index (χ3v) is 7.11. The van der Waals surface area contributed by atoms with Crippen molar-refractivity contribution in [3.8, 4) is 0 Å². The number of nitrogens with zero attached hydrogens (tertiary/aromatic N) is 1. The summed E-state index contributed by atoms with van der Waals surface area (Å²) >= 11 is 3.09. The van der Waals surface area contributed by atoms with E-state index in [0.717, 1.165) is 34.2 Å². The highest BCUT2D eigenvalue weighted by Crippen LogP contribution is 2.23. The van der Waals surface area contributed by atoms with Crippen molar-refractivity contribution in [3.05, 3.63) is 86.3 Å². The van der Waals surface area contributed by atoms with E-state index in [-0.39, 0.29) is 5.91 Å². The number of thiazole rings is 1. The molecule has 2 unspecified atom stereocenters. The van der Waals surface area contributed by atoms with Crippen molar-refractivity contribution in [3.63, 3.8) is 0 Å². The Morgan fingerprint density at radius 3 is 3.03 bits per heavy atom. The van der Waals surface area contributed by atoms with Gasteiger partial charge in [-0.05, 0) is 55.1 Å². The van der Waals surface area contributed by atoms with Gasteiger partial charge < -0.3 is 15.4 Å². The van der Waals surface area contributed by atoms with Crippen LogP contribution in [0.15, 0.2) is 70.7 Å². The van der Waals surface area contributed by atoms with Crippen molar-refractivity contribution < 1.29 is 9.53 Å². The number of thioether (sulfide) groups is 1. The number of rotatable bonds is 10. The van der Waals surface area contributed by atoms with Gasteiger partial charge in [0.2, 0.25) is 0 Å². The number of hydrogen-bond acceptors (Lipinski definition) is 6. The highest BCUT2D eigenvalue weighted by molar-refractivity contribution is 8.02. The zero-order valence-electron chi connectivity index (χ0n) is 19.6. The molecule has 2 atom stereocenters. The number of ether oxygens (including phenoxy) is 1. The van der Waals surface area contributed by atoms with Gasteiger partial charge in [0, 0.05) is 11.8 Å². The van der Waals surface area contributed by atoms with Gasteiger partial charge in [-0.1, -0.05) is 38.5 Å². The van der Waals surface area contributed by atoms with E-state index in [9.17, 15) is 4.79 Å². The Hall–Kier alpha value is -2.73. The molecule has 7 heteroatoms. The number of carbonyl (C=O) groups is 1. The zero-order chi connectivity index (χ0) is 23.6. The first-order valence-electron chi connectivity index (χ1n) is 11.1. The van der Waals surface area contributed by atoms with Crippen molar-refractivity contribution in [2.45, 2.75) is 39.5 Å². The van der Waals surface area contributed by atoms with Gasteiger partial charge in [0.25, 0.3) is 5.91 Å². The van der Waals surface area contributed by atoms with Gasteiger partial charge in [-0.15, -0.1) is 28.8 Å². The summed E-state index contributed by atoms with van der Waals surface area (Å²) in [5.41, 5.74) is 5.85. The number of nitrogens with one attached hydrogen (secondary N) is 2. The van der Waals surface area contributed by atoms with Crippen molar-refractivity contribution in [1.82, 2.24) is 15.6 Å². The van der Waals surface area contributed by atoms with E-state index in [0.29, 0.717) is 29.3 Å². The monoisotopic (exact) mass is 481 g/mol. The lowest BCUT2D eigenvalue weighted by Crippen LogP contribution is -2.30. The van der Waals surface area contributed by atoms with E-state index < -0.39 is 0 Å². The molecule has 1 amide bonds. The SMILES string of the molecule is CCC(C)/C=C\C(=C/c1nc(C)c(C(=O)NCC2=CSC(C)N2)s1)OCC1=CC=C=CC=C1. The van der Waals surface area contributed by atoms with Crippen LogP contribution in [0.5, 0.6) is 0 Å². The van der Waals surface area contributed by atoms with Gasteiger partial charge in [0.15, 0.2) is 0 Å². The van der Waals surface area contributed by atoms with Crippen LogP contribution in [0.1, 0.15) is 47.6 Å². The predicted octanol–water partition coefficient (Wildman–Crippen LogP) is 5.87. The van der Waals surface area contributed by atoms with E-state index in [1.54, 1.807) is 11.8 Å². The molecule has 0 saturated carbocycles. The largest absolute Gasteiger partial charge is 0.489 e. The van der Waals surface area contributed by atoms with Crippen LogP contribution in [0.25, 0.3) is 6.08 Å². The van der Waals surface area contributed by atoms with Crippen LogP contribution in [0.4, 0.5) is 0 Å². The Balaban J connectivity index is 1.71. The Labute approximate surface area is 204 Å².